The molecule has 0 spiro atoms. The lowest BCUT2D eigenvalue weighted by molar-refractivity contribution is -0.123. The predicted octanol–water partition coefficient (Wildman–Crippen LogP) is 1.69. The lowest BCUT2D eigenvalue weighted by Crippen LogP contribution is -2.51. The van der Waals surface area contributed by atoms with Crippen LogP contribution in [0.25, 0.3) is 0 Å². The molecule has 0 radical (unpaired) electrons. The van der Waals surface area contributed by atoms with Crippen molar-refractivity contribution in [3.05, 3.63) is 65.2 Å². The van der Waals surface area contributed by atoms with Crippen molar-refractivity contribution in [3.8, 4) is 0 Å². The summed E-state index contributed by atoms with van der Waals surface area (Å²) < 4.78 is 26.9. The monoisotopic (exact) mass is 389 g/mol. The van der Waals surface area contributed by atoms with E-state index >= 15 is 0 Å². The number of carbonyl (C=O) groups is 2. The van der Waals surface area contributed by atoms with E-state index in [1.807, 2.05) is 26.0 Å². The molecule has 0 aliphatic heterocycles. The van der Waals surface area contributed by atoms with E-state index in [4.69, 9.17) is 0 Å². The van der Waals surface area contributed by atoms with Gasteiger partial charge in [0, 0.05) is 5.56 Å². The summed E-state index contributed by atoms with van der Waals surface area (Å²) in [6.07, 6.45) is 0.858. The molecule has 7 nitrogen and oxygen atoms in total. The summed E-state index contributed by atoms with van der Waals surface area (Å²) >= 11 is 0. The largest absolute Gasteiger partial charge is 0.271 e. The van der Waals surface area contributed by atoms with E-state index in [1.165, 1.54) is 19.1 Å². The van der Waals surface area contributed by atoms with Crippen LogP contribution in [0.2, 0.25) is 0 Å². The molecule has 1 atom stereocenters. The minimum atomic E-state index is -3.84. The predicted molar refractivity (Wildman–Crippen MR) is 102 cm³/mol. The van der Waals surface area contributed by atoms with Gasteiger partial charge in [-0.05, 0) is 50.1 Å². The molecule has 2 amide bonds. The average molecular weight is 389 g/mol. The van der Waals surface area contributed by atoms with Gasteiger partial charge in [0.25, 0.3) is 11.8 Å². The first-order valence-corrected chi connectivity index (χ1v) is 9.99. The Kier molecular flexibility index (Phi) is 6.70. The molecule has 3 N–H and O–H groups in total. The number of aryl methyl sites for hydroxylation is 2. The summed E-state index contributed by atoms with van der Waals surface area (Å²) in [5.74, 6) is -1.16. The van der Waals surface area contributed by atoms with Gasteiger partial charge in [0.05, 0.1) is 10.9 Å². The maximum atomic E-state index is 12.3. The lowest BCUT2D eigenvalue weighted by Gasteiger charge is -2.15. The van der Waals surface area contributed by atoms with Crippen molar-refractivity contribution < 1.29 is 18.0 Å². The Morgan fingerprint density at radius 3 is 2.11 bits per heavy atom. The van der Waals surface area contributed by atoms with Crippen molar-refractivity contribution in [2.75, 3.05) is 0 Å². The van der Waals surface area contributed by atoms with Crippen molar-refractivity contribution in [2.45, 2.75) is 38.1 Å². The zero-order valence-electron chi connectivity index (χ0n) is 15.4. The maximum Gasteiger partial charge on any atom is 0.269 e. The maximum absolute atomic E-state index is 12.3. The quantitative estimate of drug-likeness (QED) is 0.654. The molecule has 0 heterocycles. The van der Waals surface area contributed by atoms with Crippen molar-refractivity contribution >= 4 is 21.8 Å². The molecule has 0 bridgehead atoms. The van der Waals surface area contributed by atoms with Crippen LogP contribution in [0.15, 0.2) is 53.4 Å². The van der Waals surface area contributed by atoms with E-state index in [-0.39, 0.29) is 4.90 Å². The minimum Gasteiger partial charge on any atom is -0.271 e. The van der Waals surface area contributed by atoms with Gasteiger partial charge in [-0.3, -0.25) is 20.4 Å². The molecule has 2 aromatic rings. The summed E-state index contributed by atoms with van der Waals surface area (Å²) in [7, 11) is -3.84. The van der Waals surface area contributed by atoms with Crippen molar-refractivity contribution in [3.63, 3.8) is 0 Å². The van der Waals surface area contributed by atoms with Gasteiger partial charge < -0.3 is 0 Å². The van der Waals surface area contributed by atoms with Crippen LogP contribution in [-0.2, 0) is 21.2 Å². The normalized spacial score (nSPS) is 12.3. The van der Waals surface area contributed by atoms with Gasteiger partial charge in [0.15, 0.2) is 0 Å². The Labute approximate surface area is 159 Å². The molecule has 0 aliphatic rings. The Hall–Kier alpha value is -2.71. The third-order valence-corrected chi connectivity index (χ3v) is 5.54. The first kappa shape index (κ1) is 20.6. The third kappa shape index (κ3) is 5.63. The number of hydrogen-bond acceptors (Lipinski definition) is 4. The van der Waals surface area contributed by atoms with E-state index in [0.29, 0.717) is 5.56 Å². The minimum absolute atomic E-state index is 0.0628. The summed E-state index contributed by atoms with van der Waals surface area (Å²) in [6.45, 7) is 5.25. The summed E-state index contributed by atoms with van der Waals surface area (Å²) in [6, 6.07) is 12.2. The molecule has 2 aromatic carbocycles. The van der Waals surface area contributed by atoms with Gasteiger partial charge in [-0.1, -0.05) is 36.8 Å². The highest BCUT2D eigenvalue weighted by Gasteiger charge is 2.22. The molecule has 0 unspecified atom stereocenters. The number of carbonyl (C=O) groups excluding carboxylic acids is 2. The van der Waals surface area contributed by atoms with Crippen LogP contribution >= 0.6 is 0 Å². The second kappa shape index (κ2) is 8.79. The van der Waals surface area contributed by atoms with Crippen LogP contribution in [0.4, 0.5) is 0 Å². The number of rotatable bonds is 6. The molecule has 0 saturated heterocycles. The summed E-state index contributed by atoms with van der Waals surface area (Å²) in [4.78, 5) is 24.2. The van der Waals surface area contributed by atoms with Gasteiger partial charge >= 0.3 is 0 Å². The van der Waals surface area contributed by atoms with Crippen LogP contribution in [0.5, 0.6) is 0 Å². The summed E-state index contributed by atoms with van der Waals surface area (Å²) in [5.41, 5.74) is 6.91. The van der Waals surface area contributed by atoms with E-state index in [1.54, 1.807) is 24.3 Å². The highest BCUT2D eigenvalue weighted by atomic mass is 32.2. The SMILES string of the molecule is CCc1ccc(C(=O)NNC(=O)[C@@H](C)NS(=O)(=O)c2ccc(C)cc2)cc1. The molecular formula is C19H23N3O4S. The van der Waals surface area contributed by atoms with Crippen LogP contribution in [0, 0.1) is 6.92 Å². The van der Waals surface area contributed by atoms with E-state index in [2.05, 4.69) is 15.6 Å². The lowest BCUT2D eigenvalue weighted by atomic mass is 10.1. The van der Waals surface area contributed by atoms with Gasteiger partial charge in [0.2, 0.25) is 10.0 Å². The second-order valence-corrected chi connectivity index (χ2v) is 7.86. The number of hydrogen-bond donors (Lipinski definition) is 3. The highest BCUT2D eigenvalue weighted by molar-refractivity contribution is 7.89. The smallest absolute Gasteiger partial charge is 0.269 e. The number of sulfonamides is 1. The molecular weight excluding hydrogens is 366 g/mol. The van der Waals surface area contributed by atoms with Crippen LogP contribution in [-0.4, -0.2) is 26.3 Å². The van der Waals surface area contributed by atoms with Crippen LogP contribution in [0.1, 0.15) is 35.3 Å². The van der Waals surface area contributed by atoms with Crippen LogP contribution < -0.4 is 15.6 Å². The fourth-order valence-corrected chi connectivity index (χ4v) is 3.47. The molecule has 0 saturated carbocycles. The molecule has 27 heavy (non-hydrogen) atoms. The average Bonchev–Trinajstić information content (AvgIpc) is 2.65. The van der Waals surface area contributed by atoms with Gasteiger partial charge in [-0.2, -0.15) is 4.72 Å². The molecule has 0 fully saturated rings. The molecule has 8 heteroatoms. The Morgan fingerprint density at radius 2 is 1.56 bits per heavy atom. The molecule has 144 valence electrons. The van der Waals surface area contributed by atoms with Crippen molar-refractivity contribution in [1.29, 1.82) is 0 Å². The molecule has 0 aliphatic carbocycles. The molecule has 2 rings (SSSR count). The zero-order chi connectivity index (χ0) is 20.0. The number of amides is 2. The fraction of sp³-hybridized carbons (Fsp3) is 0.263. The fourth-order valence-electron chi connectivity index (χ4n) is 2.26. The molecule has 0 aromatic heterocycles. The van der Waals surface area contributed by atoms with Crippen molar-refractivity contribution in [2.24, 2.45) is 0 Å². The number of benzene rings is 2. The highest BCUT2D eigenvalue weighted by Crippen LogP contribution is 2.10. The Morgan fingerprint density at radius 1 is 0.963 bits per heavy atom. The standard InChI is InChI=1S/C19H23N3O4S/c1-4-15-7-9-16(10-8-15)19(24)21-20-18(23)14(3)22-27(25,26)17-11-5-13(2)6-12-17/h5-12,14,22H,4H2,1-3H3,(H,20,23)(H,21,24)/t14-/m1/s1. The van der Waals surface area contributed by atoms with Crippen molar-refractivity contribution in [1.82, 2.24) is 15.6 Å². The van der Waals surface area contributed by atoms with Crippen LogP contribution in [0.3, 0.4) is 0 Å². The number of nitrogens with one attached hydrogen (secondary N) is 3. The zero-order valence-corrected chi connectivity index (χ0v) is 16.3. The number of hydrazine groups is 1. The summed E-state index contributed by atoms with van der Waals surface area (Å²) in [5, 5.41) is 0. The van der Waals surface area contributed by atoms with E-state index in [9.17, 15) is 18.0 Å². The van der Waals surface area contributed by atoms with Gasteiger partial charge in [-0.25, -0.2) is 8.42 Å². The second-order valence-electron chi connectivity index (χ2n) is 6.15. The first-order valence-electron chi connectivity index (χ1n) is 8.51. The van der Waals surface area contributed by atoms with Gasteiger partial charge in [-0.15, -0.1) is 0 Å². The topological polar surface area (TPSA) is 104 Å². The van der Waals surface area contributed by atoms with E-state index < -0.39 is 27.9 Å². The Bertz CT molecular complexity index is 907. The van der Waals surface area contributed by atoms with E-state index in [0.717, 1.165) is 17.5 Å². The third-order valence-electron chi connectivity index (χ3n) is 3.98. The van der Waals surface area contributed by atoms with Gasteiger partial charge in [0.1, 0.15) is 0 Å². The first-order chi connectivity index (χ1) is 12.7. The Balaban J connectivity index is 1.92.